The normalized spacial score (nSPS) is 21.7. The number of Topliss-reactive ketones (excluding diaryl/α,β-unsaturated/α-hetero) is 1. The van der Waals surface area contributed by atoms with Crippen molar-refractivity contribution in [2.75, 3.05) is 6.54 Å². The van der Waals surface area contributed by atoms with Crippen LogP contribution in [0.25, 0.3) is 0 Å². The highest BCUT2D eigenvalue weighted by Gasteiger charge is 2.47. The Bertz CT molecular complexity index is 1070. The van der Waals surface area contributed by atoms with Gasteiger partial charge in [-0.2, -0.15) is 0 Å². The molecule has 0 bridgehead atoms. The van der Waals surface area contributed by atoms with Crippen LogP contribution in [0.15, 0.2) is 0 Å². The summed E-state index contributed by atoms with van der Waals surface area (Å²) in [7, 11) is 0. The molecule has 0 unspecified atom stereocenters. The number of nitrogens with one attached hydrogen (secondary N) is 3. The highest BCUT2D eigenvalue weighted by molar-refractivity contribution is 6.37. The van der Waals surface area contributed by atoms with Crippen molar-refractivity contribution in [3.63, 3.8) is 0 Å². The number of hydrogen-bond acceptors (Lipinski definition) is 6. The minimum atomic E-state index is -1.12. The third kappa shape index (κ3) is 9.76. The molecule has 5 atom stereocenters. The lowest BCUT2D eigenvalue weighted by atomic mass is 9.81. The number of nitrogens with two attached hydrogens (primary N) is 1. The van der Waals surface area contributed by atoms with Gasteiger partial charge in [0.1, 0.15) is 18.1 Å². The molecule has 1 aliphatic heterocycles. The summed E-state index contributed by atoms with van der Waals surface area (Å²) in [5.74, 6) is -3.40. The molecule has 1 saturated heterocycles. The minimum absolute atomic E-state index is 0.0172. The van der Waals surface area contributed by atoms with Crippen molar-refractivity contribution >= 4 is 35.3 Å². The maximum absolute atomic E-state index is 14.3. The first kappa shape index (κ1) is 37.2. The van der Waals surface area contributed by atoms with Crippen LogP contribution in [0.4, 0.5) is 0 Å². The van der Waals surface area contributed by atoms with E-state index in [9.17, 15) is 28.8 Å². The molecule has 1 saturated carbocycles. The maximum Gasteiger partial charge on any atom is 0.287 e. The van der Waals surface area contributed by atoms with E-state index in [2.05, 4.69) is 16.0 Å². The molecule has 44 heavy (non-hydrogen) atoms. The number of hydrogen-bond donors (Lipinski definition) is 4. The second kappa shape index (κ2) is 15.3. The van der Waals surface area contributed by atoms with E-state index in [1.165, 1.54) is 4.90 Å². The summed E-state index contributed by atoms with van der Waals surface area (Å²) in [5.41, 5.74) is 3.81. The molecule has 250 valence electrons. The molecule has 1 heterocycles. The number of amides is 5. The third-order valence-electron chi connectivity index (χ3n) is 9.09. The molecular formula is C33H57N5O6. The molecule has 11 nitrogen and oxygen atoms in total. The highest BCUT2D eigenvalue weighted by Crippen LogP contribution is 2.33. The fraction of sp³-hybridized carbons (Fsp3) is 0.818. The second-order valence-corrected chi connectivity index (χ2v) is 15.2. The van der Waals surface area contributed by atoms with Gasteiger partial charge in [0, 0.05) is 12.0 Å². The molecule has 11 heteroatoms. The van der Waals surface area contributed by atoms with Crippen LogP contribution in [0.2, 0.25) is 0 Å². The van der Waals surface area contributed by atoms with Crippen LogP contribution in [0.3, 0.4) is 0 Å². The zero-order chi connectivity index (χ0) is 33.6. The van der Waals surface area contributed by atoms with Gasteiger partial charge in [-0.15, -0.1) is 0 Å². The van der Waals surface area contributed by atoms with Gasteiger partial charge >= 0.3 is 0 Å². The number of ketones is 1. The van der Waals surface area contributed by atoms with Crippen LogP contribution in [0, 0.1) is 28.6 Å². The summed E-state index contributed by atoms with van der Waals surface area (Å²) in [6.45, 7) is 17.1. The van der Waals surface area contributed by atoms with E-state index in [1.807, 2.05) is 41.5 Å². The molecule has 2 aliphatic rings. The van der Waals surface area contributed by atoms with Crippen molar-refractivity contribution in [3.8, 4) is 0 Å². The Morgan fingerprint density at radius 2 is 1.45 bits per heavy atom. The van der Waals surface area contributed by atoms with Crippen molar-refractivity contribution < 1.29 is 28.8 Å². The average Bonchev–Trinajstić information content (AvgIpc) is 3.39. The zero-order valence-corrected chi connectivity index (χ0v) is 28.4. The first-order valence-electron chi connectivity index (χ1n) is 16.3. The molecule has 2 rings (SSSR count). The van der Waals surface area contributed by atoms with E-state index < -0.39 is 64.4 Å². The Kier molecular flexibility index (Phi) is 13.0. The molecule has 2 fully saturated rings. The number of rotatable bonds is 12. The summed E-state index contributed by atoms with van der Waals surface area (Å²) < 4.78 is 0. The van der Waals surface area contributed by atoms with Crippen LogP contribution >= 0.6 is 0 Å². The second-order valence-electron chi connectivity index (χ2n) is 15.2. The van der Waals surface area contributed by atoms with Crippen LogP contribution in [-0.2, 0) is 28.8 Å². The van der Waals surface area contributed by atoms with E-state index in [1.54, 1.807) is 20.8 Å². The first-order valence-corrected chi connectivity index (χ1v) is 16.3. The van der Waals surface area contributed by atoms with Gasteiger partial charge < -0.3 is 26.6 Å². The van der Waals surface area contributed by atoms with Gasteiger partial charge in [-0.25, -0.2) is 0 Å². The summed E-state index contributed by atoms with van der Waals surface area (Å²) >= 11 is 0. The lowest BCUT2D eigenvalue weighted by Crippen LogP contribution is -2.62. The molecule has 0 radical (unpaired) electrons. The Hall–Kier alpha value is -2.98. The number of primary amides is 1. The zero-order valence-electron chi connectivity index (χ0n) is 28.4. The molecule has 5 N–H and O–H groups in total. The van der Waals surface area contributed by atoms with Gasteiger partial charge in [0.05, 0.1) is 6.04 Å². The molecule has 0 aromatic carbocycles. The molecule has 0 aromatic heterocycles. The summed E-state index contributed by atoms with van der Waals surface area (Å²) in [4.78, 5) is 80.5. The molecule has 1 aliphatic carbocycles. The quantitative estimate of drug-likeness (QED) is 0.245. The molecule has 0 spiro atoms. The van der Waals surface area contributed by atoms with E-state index in [0.29, 0.717) is 19.4 Å². The smallest absolute Gasteiger partial charge is 0.287 e. The maximum atomic E-state index is 14.3. The van der Waals surface area contributed by atoms with Crippen LogP contribution < -0.4 is 21.7 Å². The summed E-state index contributed by atoms with van der Waals surface area (Å²) in [6, 6.07) is -3.71. The van der Waals surface area contributed by atoms with Gasteiger partial charge in [-0.3, -0.25) is 28.8 Å². The highest BCUT2D eigenvalue weighted by atomic mass is 16.2. The minimum Gasteiger partial charge on any atom is -0.363 e. The van der Waals surface area contributed by atoms with Crippen LogP contribution in [0.5, 0.6) is 0 Å². The SMILES string of the molecule is CCC[C@H](NC(=O)[C@@H]1C[C@@H](C(C)C)CN1C(=O)[C@@H](NC(=O)[C@@H](NC(=O)C(C)(C)C)C1CCCCC1)C(C)(C)C)C(=O)C(N)=O. The van der Waals surface area contributed by atoms with Crippen molar-refractivity contribution in [1.82, 2.24) is 20.9 Å². The first-order chi connectivity index (χ1) is 20.3. The lowest BCUT2D eigenvalue weighted by molar-refractivity contribution is -0.145. The number of carbonyl (C=O) groups is 6. The summed E-state index contributed by atoms with van der Waals surface area (Å²) in [5, 5.41) is 8.66. The predicted molar refractivity (Wildman–Crippen MR) is 169 cm³/mol. The van der Waals surface area contributed by atoms with Crippen molar-refractivity contribution in [3.05, 3.63) is 0 Å². The van der Waals surface area contributed by atoms with E-state index in [0.717, 1.165) is 32.1 Å². The Balaban J connectivity index is 2.40. The largest absolute Gasteiger partial charge is 0.363 e. The standard InChI is InChI=1S/C33H57N5O6/c1-10-14-22(25(39)27(34)40)35-28(41)23-17-21(19(2)3)18-38(23)30(43)26(32(4,5)6)37-29(42)24(20-15-12-11-13-16-20)36-31(44)33(7,8)9/h19-24,26H,10-18H2,1-9H3,(H2,34,40)(H,35,41)(H,36,44)(H,37,42)/t21-,22+,23+,24+,26-/m1/s1. The van der Waals surface area contributed by atoms with Gasteiger partial charge in [-0.05, 0) is 48.9 Å². The predicted octanol–water partition coefficient (Wildman–Crippen LogP) is 2.84. The molecule has 0 aromatic rings. The van der Waals surface area contributed by atoms with Crippen molar-refractivity contribution in [2.24, 2.45) is 34.3 Å². The number of carbonyl (C=O) groups excluding carboxylic acids is 6. The number of likely N-dealkylation sites (tertiary alicyclic amines) is 1. The van der Waals surface area contributed by atoms with E-state index >= 15 is 0 Å². The average molecular weight is 620 g/mol. The monoisotopic (exact) mass is 619 g/mol. The van der Waals surface area contributed by atoms with Gasteiger partial charge in [0.15, 0.2) is 0 Å². The van der Waals surface area contributed by atoms with Crippen LogP contribution in [-0.4, -0.2) is 70.9 Å². The Morgan fingerprint density at radius 1 is 0.864 bits per heavy atom. The van der Waals surface area contributed by atoms with Crippen molar-refractivity contribution in [2.45, 2.75) is 138 Å². The third-order valence-corrected chi connectivity index (χ3v) is 9.09. The Labute approximate surface area is 263 Å². The van der Waals surface area contributed by atoms with E-state index in [4.69, 9.17) is 5.73 Å². The lowest BCUT2D eigenvalue weighted by Gasteiger charge is -2.38. The fourth-order valence-corrected chi connectivity index (χ4v) is 6.11. The number of nitrogens with zero attached hydrogens (tertiary/aromatic N) is 1. The molecule has 5 amide bonds. The molecular weight excluding hydrogens is 562 g/mol. The van der Waals surface area contributed by atoms with Gasteiger partial charge in [-0.1, -0.05) is 88.0 Å². The van der Waals surface area contributed by atoms with Crippen molar-refractivity contribution in [1.29, 1.82) is 0 Å². The Morgan fingerprint density at radius 3 is 1.93 bits per heavy atom. The topological polar surface area (TPSA) is 168 Å². The van der Waals surface area contributed by atoms with Crippen LogP contribution in [0.1, 0.15) is 114 Å². The summed E-state index contributed by atoms with van der Waals surface area (Å²) in [6.07, 6.45) is 5.81. The van der Waals surface area contributed by atoms with Gasteiger partial charge in [0.2, 0.25) is 29.4 Å². The van der Waals surface area contributed by atoms with E-state index in [-0.39, 0.29) is 30.1 Å². The van der Waals surface area contributed by atoms with Gasteiger partial charge in [0.25, 0.3) is 5.91 Å². The fourth-order valence-electron chi connectivity index (χ4n) is 6.11.